The zero-order valence-corrected chi connectivity index (χ0v) is 8.10. The van der Waals surface area contributed by atoms with E-state index in [1.54, 1.807) is 11.3 Å². The average molecular weight is 193 g/mol. The van der Waals surface area contributed by atoms with Gasteiger partial charge in [0.25, 0.3) is 0 Å². The molecule has 0 saturated carbocycles. The monoisotopic (exact) mass is 193 g/mol. The van der Waals surface area contributed by atoms with Crippen LogP contribution >= 0.6 is 11.3 Å². The second-order valence-corrected chi connectivity index (χ2v) is 4.09. The third kappa shape index (κ3) is 1.87. The van der Waals surface area contributed by atoms with Crippen molar-refractivity contribution in [2.75, 3.05) is 6.54 Å². The first-order valence-corrected chi connectivity index (χ1v) is 5.33. The molecule has 1 unspecified atom stereocenters. The summed E-state index contributed by atoms with van der Waals surface area (Å²) in [6.07, 6.45) is 2.85. The van der Waals surface area contributed by atoms with E-state index in [4.69, 9.17) is 5.26 Å². The number of aromatic nitrogens is 1. The van der Waals surface area contributed by atoms with Crippen molar-refractivity contribution in [3.63, 3.8) is 0 Å². The number of hydrogen-bond acceptors (Lipinski definition) is 4. The zero-order chi connectivity index (χ0) is 9.10. The van der Waals surface area contributed by atoms with Gasteiger partial charge in [-0.3, -0.25) is 0 Å². The Morgan fingerprint density at radius 3 is 3.38 bits per heavy atom. The summed E-state index contributed by atoms with van der Waals surface area (Å²) in [4.78, 5) is 4.42. The van der Waals surface area contributed by atoms with Crippen molar-refractivity contribution >= 4 is 11.3 Å². The van der Waals surface area contributed by atoms with Crippen LogP contribution in [-0.2, 0) is 6.42 Å². The van der Waals surface area contributed by atoms with Gasteiger partial charge in [0.15, 0.2) is 0 Å². The Morgan fingerprint density at radius 1 is 1.77 bits per heavy atom. The quantitative estimate of drug-likeness (QED) is 0.776. The summed E-state index contributed by atoms with van der Waals surface area (Å²) in [5, 5.41) is 14.9. The minimum Gasteiger partial charge on any atom is -0.309 e. The van der Waals surface area contributed by atoms with E-state index < -0.39 is 0 Å². The molecule has 2 heterocycles. The third-order valence-electron chi connectivity index (χ3n) is 2.22. The molecular weight excluding hydrogens is 182 g/mol. The lowest BCUT2D eigenvalue weighted by molar-refractivity contribution is 0.630. The number of nitrogens with one attached hydrogen (secondary N) is 1. The molecule has 4 heteroatoms. The maximum absolute atomic E-state index is 8.50. The molecule has 1 aliphatic heterocycles. The van der Waals surface area contributed by atoms with Crippen LogP contribution in [0.1, 0.15) is 29.6 Å². The fourth-order valence-electron chi connectivity index (χ4n) is 1.57. The van der Waals surface area contributed by atoms with E-state index in [9.17, 15) is 0 Å². The van der Waals surface area contributed by atoms with Gasteiger partial charge in [0, 0.05) is 5.38 Å². The van der Waals surface area contributed by atoms with Crippen molar-refractivity contribution in [1.82, 2.24) is 10.3 Å². The van der Waals surface area contributed by atoms with Crippen LogP contribution in [0.25, 0.3) is 0 Å². The average Bonchev–Trinajstić information content (AvgIpc) is 2.70. The second kappa shape index (κ2) is 3.86. The molecule has 0 aliphatic carbocycles. The molecule has 1 atom stereocenters. The normalized spacial score (nSPS) is 21.6. The van der Waals surface area contributed by atoms with E-state index in [2.05, 4.69) is 21.8 Å². The zero-order valence-electron chi connectivity index (χ0n) is 7.29. The summed E-state index contributed by atoms with van der Waals surface area (Å²) in [7, 11) is 0. The Kier molecular flexibility index (Phi) is 2.57. The molecule has 0 amide bonds. The highest BCUT2D eigenvalue weighted by atomic mass is 32.1. The molecule has 1 aromatic heterocycles. The molecule has 1 aromatic rings. The molecule has 0 radical (unpaired) electrons. The van der Waals surface area contributed by atoms with Crippen LogP contribution in [0.15, 0.2) is 5.38 Å². The number of thiazole rings is 1. The predicted molar refractivity (Wildman–Crippen MR) is 51.4 cm³/mol. The molecule has 1 saturated heterocycles. The largest absolute Gasteiger partial charge is 0.309 e. The lowest BCUT2D eigenvalue weighted by Gasteiger charge is -2.04. The predicted octanol–water partition coefficient (Wildman–Crippen LogP) is 1.63. The van der Waals surface area contributed by atoms with E-state index in [0.717, 1.165) is 17.2 Å². The van der Waals surface area contributed by atoms with E-state index in [1.165, 1.54) is 12.8 Å². The molecular formula is C9H11N3S. The fraction of sp³-hybridized carbons (Fsp3) is 0.556. The van der Waals surface area contributed by atoms with Gasteiger partial charge in [-0.15, -0.1) is 11.3 Å². The van der Waals surface area contributed by atoms with Crippen molar-refractivity contribution in [3.05, 3.63) is 16.1 Å². The van der Waals surface area contributed by atoms with E-state index in [-0.39, 0.29) is 0 Å². The minimum absolute atomic E-state index is 0.434. The van der Waals surface area contributed by atoms with Gasteiger partial charge in [0.05, 0.1) is 24.2 Å². The van der Waals surface area contributed by atoms with E-state index in [1.807, 2.05) is 0 Å². The lowest BCUT2D eigenvalue weighted by Crippen LogP contribution is -2.13. The third-order valence-corrected chi connectivity index (χ3v) is 3.08. The van der Waals surface area contributed by atoms with Gasteiger partial charge in [0.1, 0.15) is 5.01 Å². The SMILES string of the molecule is N#CCc1nc(C2CCCN2)cs1. The Bertz CT molecular complexity index is 320. The molecule has 0 bridgehead atoms. The first-order chi connectivity index (χ1) is 6.40. The maximum Gasteiger partial charge on any atom is 0.107 e. The Hall–Kier alpha value is -0.920. The van der Waals surface area contributed by atoms with Crippen LogP contribution in [0.4, 0.5) is 0 Å². The van der Waals surface area contributed by atoms with Crippen molar-refractivity contribution in [2.45, 2.75) is 25.3 Å². The highest BCUT2D eigenvalue weighted by Crippen LogP contribution is 2.24. The summed E-state index contributed by atoms with van der Waals surface area (Å²) in [5.41, 5.74) is 1.12. The molecule has 0 aromatic carbocycles. The molecule has 1 fully saturated rings. The molecule has 2 rings (SSSR count). The fourth-order valence-corrected chi connectivity index (χ4v) is 2.35. The topological polar surface area (TPSA) is 48.7 Å². The van der Waals surface area contributed by atoms with Crippen LogP contribution in [0.5, 0.6) is 0 Å². The van der Waals surface area contributed by atoms with Gasteiger partial charge in [-0.25, -0.2) is 4.98 Å². The highest BCUT2D eigenvalue weighted by molar-refractivity contribution is 7.09. The standard InChI is InChI=1S/C9H11N3S/c10-4-3-9-12-8(6-13-9)7-2-1-5-11-7/h6-7,11H,1-3,5H2. The van der Waals surface area contributed by atoms with Crippen LogP contribution in [0.2, 0.25) is 0 Å². The smallest absolute Gasteiger partial charge is 0.107 e. The minimum atomic E-state index is 0.434. The molecule has 3 nitrogen and oxygen atoms in total. The Morgan fingerprint density at radius 2 is 2.69 bits per heavy atom. The van der Waals surface area contributed by atoms with Crippen LogP contribution in [0, 0.1) is 11.3 Å². The number of nitriles is 1. The maximum atomic E-state index is 8.50. The van der Waals surface area contributed by atoms with Gasteiger partial charge < -0.3 is 5.32 Å². The first-order valence-electron chi connectivity index (χ1n) is 4.45. The van der Waals surface area contributed by atoms with Gasteiger partial charge in [0.2, 0.25) is 0 Å². The van der Waals surface area contributed by atoms with Crippen molar-refractivity contribution in [2.24, 2.45) is 0 Å². The molecule has 1 N–H and O–H groups in total. The number of hydrogen-bond donors (Lipinski definition) is 1. The van der Waals surface area contributed by atoms with Crippen molar-refractivity contribution in [1.29, 1.82) is 5.26 Å². The number of nitrogens with zero attached hydrogens (tertiary/aromatic N) is 2. The molecule has 68 valence electrons. The first kappa shape index (κ1) is 8.67. The highest BCUT2D eigenvalue weighted by Gasteiger charge is 2.18. The lowest BCUT2D eigenvalue weighted by atomic mass is 10.2. The summed E-state index contributed by atoms with van der Waals surface area (Å²) in [6.45, 7) is 1.09. The van der Waals surface area contributed by atoms with Crippen molar-refractivity contribution in [3.8, 4) is 6.07 Å². The van der Waals surface area contributed by atoms with E-state index in [0.29, 0.717) is 12.5 Å². The summed E-state index contributed by atoms with van der Waals surface area (Å²) < 4.78 is 0. The molecule has 1 aliphatic rings. The Balaban J connectivity index is 2.08. The van der Waals surface area contributed by atoms with Crippen LogP contribution in [0.3, 0.4) is 0 Å². The summed E-state index contributed by atoms with van der Waals surface area (Å²) in [6, 6.07) is 2.55. The second-order valence-electron chi connectivity index (χ2n) is 3.15. The van der Waals surface area contributed by atoms with Crippen molar-refractivity contribution < 1.29 is 0 Å². The summed E-state index contributed by atoms with van der Waals surface area (Å²) in [5.74, 6) is 0. The van der Waals surface area contributed by atoms with Gasteiger partial charge in [-0.05, 0) is 19.4 Å². The number of rotatable bonds is 2. The van der Waals surface area contributed by atoms with E-state index >= 15 is 0 Å². The summed E-state index contributed by atoms with van der Waals surface area (Å²) >= 11 is 1.59. The molecule has 0 spiro atoms. The Labute approximate surface area is 81.4 Å². The van der Waals surface area contributed by atoms with Gasteiger partial charge in [-0.2, -0.15) is 5.26 Å². The van der Waals surface area contributed by atoms with Gasteiger partial charge in [-0.1, -0.05) is 0 Å². The molecule has 13 heavy (non-hydrogen) atoms. The van der Waals surface area contributed by atoms with Crippen LogP contribution in [-0.4, -0.2) is 11.5 Å². The van der Waals surface area contributed by atoms with Gasteiger partial charge >= 0.3 is 0 Å². The van der Waals surface area contributed by atoms with Crippen LogP contribution < -0.4 is 5.32 Å².